The second-order valence-electron chi connectivity index (χ2n) is 8.48. The fourth-order valence-corrected chi connectivity index (χ4v) is 5.23. The Morgan fingerprint density at radius 3 is 2.43 bits per heavy atom. The van der Waals surface area contributed by atoms with Gasteiger partial charge in [-0.15, -0.1) is 0 Å². The van der Waals surface area contributed by atoms with Gasteiger partial charge in [-0.2, -0.15) is 0 Å². The molecular weight excluding hydrogens is 452 g/mol. The lowest BCUT2D eigenvalue weighted by Crippen LogP contribution is -2.36. The average molecular weight is 479 g/mol. The van der Waals surface area contributed by atoms with Gasteiger partial charge in [-0.25, -0.2) is 4.79 Å². The number of pyridine rings is 1. The van der Waals surface area contributed by atoms with E-state index < -0.39 is 18.1 Å². The van der Waals surface area contributed by atoms with Gasteiger partial charge in [0.05, 0.1) is 33.1 Å². The second-order valence-corrected chi connectivity index (χ2v) is 8.48. The molecule has 2 atom stereocenters. The van der Waals surface area contributed by atoms with Crippen LogP contribution in [0.2, 0.25) is 0 Å². The topological polar surface area (TPSA) is 111 Å². The van der Waals surface area contributed by atoms with Crippen LogP contribution in [0.25, 0.3) is 11.3 Å². The summed E-state index contributed by atoms with van der Waals surface area (Å²) in [6.45, 7) is 0.613. The van der Waals surface area contributed by atoms with Gasteiger partial charge in [0, 0.05) is 29.4 Å². The van der Waals surface area contributed by atoms with E-state index in [0.29, 0.717) is 52.4 Å². The van der Waals surface area contributed by atoms with E-state index in [1.165, 1.54) is 21.3 Å². The van der Waals surface area contributed by atoms with Crippen LogP contribution in [-0.4, -0.2) is 61.0 Å². The van der Waals surface area contributed by atoms with Crippen LogP contribution in [0.3, 0.4) is 0 Å². The lowest BCUT2D eigenvalue weighted by atomic mass is 9.82. The summed E-state index contributed by atoms with van der Waals surface area (Å²) in [7, 11) is 6.34. The number of likely N-dealkylation sites (N-methyl/N-ethyl adjacent to an activating group) is 1. The van der Waals surface area contributed by atoms with E-state index in [9.17, 15) is 15.0 Å². The van der Waals surface area contributed by atoms with Crippen molar-refractivity contribution in [3.8, 4) is 40.0 Å². The Balaban J connectivity index is 1.76. The summed E-state index contributed by atoms with van der Waals surface area (Å²) in [5.74, 6) is -0.321. The van der Waals surface area contributed by atoms with Gasteiger partial charge in [0.15, 0.2) is 23.0 Å². The molecule has 0 saturated carbocycles. The van der Waals surface area contributed by atoms with Crippen molar-refractivity contribution in [2.45, 2.75) is 18.6 Å². The van der Waals surface area contributed by atoms with E-state index in [2.05, 4.69) is 4.98 Å². The summed E-state index contributed by atoms with van der Waals surface area (Å²) >= 11 is 0. The predicted octanol–water partition coefficient (Wildman–Crippen LogP) is 3.63. The zero-order valence-corrected chi connectivity index (χ0v) is 19.9. The molecule has 2 aliphatic rings. The molecule has 3 aromatic rings. The fourth-order valence-electron chi connectivity index (χ4n) is 5.23. The molecular formula is C26H26N2O7. The SMILES string of the molecule is COc1ccc2c(c1OC)C(=O)OC2[C@H]1c2c(c(-c3ccccn3)c(O)c(O)c2OC)CCN1C. The van der Waals surface area contributed by atoms with Crippen molar-refractivity contribution in [1.29, 1.82) is 0 Å². The number of carbonyl (C=O) groups excluding carboxylic acids is 1. The minimum atomic E-state index is -0.712. The Morgan fingerprint density at radius 1 is 1.00 bits per heavy atom. The van der Waals surface area contributed by atoms with Gasteiger partial charge in [-0.3, -0.25) is 9.88 Å². The van der Waals surface area contributed by atoms with Gasteiger partial charge in [-0.05, 0) is 37.2 Å². The van der Waals surface area contributed by atoms with Gasteiger partial charge in [0.1, 0.15) is 11.7 Å². The van der Waals surface area contributed by atoms with E-state index in [1.807, 2.05) is 18.0 Å². The van der Waals surface area contributed by atoms with Gasteiger partial charge in [0.2, 0.25) is 5.75 Å². The standard InChI is InChI=1S/C26H26N2O7/c1-28-12-10-13-17(15-7-5-6-11-27-15)21(29)22(30)25(34-4)18(13)20(28)23-14-8-9-16(32-2)24(33-3)19(14)26(31)35-23/h5-9,11,20,23,29-30H,10,12H2,1-4H3/t20-,23?/m1/s1. The third kappa shape index (κ3) is 3.34. The smallest absolute Gasteiger partial charge is 0.343 e. The monoisotopic (exact) mass is 478 g/mol. The summed E-state index contributed by atoms with van der Waals surface area (Å²) in [6, 6.07) is 8.39. The highest BCUT2D eigenvalue weighted by Crippen LogP contribution is 2.56. The highest BCUT2D eigenvalue weighted by molar-refractivity contribution is 5.98. The number of aromatic nitrogens is 1. The molecule has 0 bridgehead atoms. The van der Waals surface area contributed by atoms with Crippen molar-refractivity contribution in [2.24, 2.45) is 0 Å². The lowest BCUT2D eigenvalue weighted by molar-refractivity contribution is 0.00873. The molecule has 9 nitrogen and oxygen atoms in total. The van der Waals surface area contributed by atoms with Crippen LogP contribution < -0.4 is 14.2 Å². The third-order valence-corrected chi connectivity index (χ3v) is 6.77. The van der Waals surface area contributed by atoms with Gasteiger partial charge >= 0.3 is 5.97 Å². The Morgan fingerprint density at radius 2 is 1.77 bits per heavy atom. The number of phenols is 2. The van der Waals surface area contributed by atoms with Crippen LogP contribution in [0.4, 0.5) is 0 Å². The molecule has 0 radical (unpaired) electrons. The molecule has 3 heterocycles. The number of ether oxygens (including phenoxy) is 4. The number of hydrogen-bond acceptors (Lipinski definition) is 9. The highest BCUT2D eigenvalue weighted by Gasteiger charge is 2.46. The van der Waals surface area contributed by atoms with E-state index >= 15 is 0 Å². The van der Waals surface area contributed by atoms with Crippen LogP contribution in [0, 0.1) is 0 Å². The van der Waals surface area contributed by atoms with Crippen molar-refractivity contribution in [3.63, 3.8) is 0 Å². The average Bonchev–Trinajstić information content (AvgIpc) is 3.21. The number of benzene rings is 2. The van der Waals surface area contributed by atoms with Crippen LogP contribution in [0.15, 0.2) is 36.5 Å². The fraction of sp³-hybridized carbons (Fsp3) is 0.308. The van der Waals surface area contributed by atoms with Crippen molar-refractivity contribution in [3.05, 3.63) is 58.8 Å². The third-order valence-electron chi connectivity index (χ3n) is 6.77. The number of rotatable bonds is 5. The highest BCUT2D eigenvalue weighted by atomic mass is 16.6. The number of fused-ring (bicyclic) bond motifs is 2. The molecule has 35 heavy (non-hydrogen) atoms. The molecule has 1 unspecified atom stereocenters. The second kappa shape index (κ2) is 8.66. The van der Waals surface area contributed by atoms with Crippen molar-refractivity contribution >= 4 is 5.97 Å². The molecule has 0 aliphatic carbocycles. The van der Waals surface area contributed by atoms with Crippen molar-refractivity contribution in [1.82, 2.24) is 9.88 Å². The zero-order valence-electron chi connectivity index (χ0n) is 19.9. The van der Waals surface area contributed by atoms with Crippen LogP contribution in [-0.2, 0) is 11.2 Å². The van der Waals surface area contributed by atoms with Gasteiger partial charge < -0.3 is 29.2 Å². The molecule has 5 rings (SSSR count). The van der Waals surface area contributed by atoms with E-state index in [0.717, 1.165) is 5.56 Å². The first-order chi connectivity index (χ1) is 16.9. The predicted molar refractivity (Wildman–Crippen MR) is 126 cm³/mol. The maximum Gasteiger partial charge on any atom is 0.343 e. The maximum atomic E-state index is 13.0. The van der Waals surface area contributed by atoms with Crippen LogP contribution in [0.1, 0.15) is 39.2 Å². The number of nitrogens with zero attached hydrogens (tertiary/aromatic N) is 2. The zero-order chi connectivity index (χ0) is 24.9. The number of methoxy groups -OCH3 is 3. The maximum absolute atomic E-state index is 13.0. The summed E-state index contributed by atoms with van der Waals surface area (Å²) in [5, 5.41) is 21.9. The molecule has 2 aromatic carbocycles. The summed E-state index contributed by atoms with van der Waals surface area (Å²) in [6.07, 6.45) is 1.48. The molecule has 2 N–H and O–H groups in total. The minimum Gasteiger partial charge on any atom is -0.504 e. The number of cyclic esters (lactones) is 1. The Kier molecular flexibility index (Phi) is 5.64. The molecule has 1 aromatic heterocycles. The first-order valence-electron chi connectivity index (χ1n) is 11.1. The van der Waals surface area contributed by atoms with Crippen molar-refractivity contribution < 1.29 is 34.0 Å². The summed E-state index contributed by atoms with van der Waals surface area (Å²) < 4.78 is 22.4. The Labute approximate surface area is 202 Å². The summed E-state index contributed by atoms with van der Waals surface area (Å²) in [5.41, 5.74) is 3.34. The quantitative estimate of drug-likeness (QED) is 0.420. The van der Waals surface area contributed by atoms with Crippen LogP contribution in [0.5, 0.6) is 28.7 Å². The molecule has 9 heteroatoms. The molecule has 182 valence electrons. The normalized spacial score (nSPS) is 19.0. The number of hydrogen-bond donors (Lipinski definition) is 2. The molecule has 0 saturated heterocycles. The molecule has 0 amide bonds. The first-order valence-corrected chi connectivity index (χ1v) is 11.1. The summed E-state index contributed by atoms with van der Waals surface area (Å²) in [4.78, 5) is 19.5. The number of aromatic hydroxyl groups is 2. The van der Waals surface area contributed by atoms with Crippen LogP contribution >= 0.6 is 0 Å². The largest absolute Gasteiger partial charge is 0.504 e. The number of phenolic OH excluding ortho intramolecular Hbond substituents is 2. The van der Waals surface area contributed by atoms with Gasteiger partial charge in [-0.1, -0.05) is 12.1 Å². The lowest BCUT2D eigenvalue weighted by Gasteiger charge is -2.39. The Bertz CT molecular complexity index is 1310. The van der Waals surface area contributed by atoms with E-state index in [1.54, 1.807) is 30.5 Å². The molecule has 2 aliphatic heterocycles. The molecule has 0 fully saturated rings. The van der Waals surface area contributed by atoms with E-state index in [-0.39, 0.29) is 17.2 Å². The van der Waals surface area contributed by atoms with Gasteiger partial charge in [0.25, 0.3) is 0 Å². The number of esters is 1. The molecule has 0 spiro atoms. The van der Waals surface area contributed by atoms with E-state index in [4.69, 9.17) is 18.9 Å². The number of carbonyl (C=O) groups is 1. The Hall–Kier alpha value is -3.98. The minimum absolute atomic E-state index is 0.138. The first kappa shape index (κ1) is 22.8. The van der Waals surface area contributed by atoms with Crippen molar-refractivity contribution in [2.75, 3.05) is 34.9 Å².